The van der Waals surface area contributed by atoms with Gasteiger partial charge in [0, 0.05) is 0 Å². The van der Waals surface area contributed by atoms with E-state index in [2.05, 4.69) is 0 Å². The zero-order chi connectivity index (χ0) is 14.1. The van der Waals surface area contributed by atoms with Gasteiger partial charge in [0.15, 0.2) is 0 Å². The molecule has 0 radical (unpaired) electrons. The topological polar surface area (TPSA) is 46.5 Å². The van der Waals surface area contributed by atoms with E-state index in [4.69, 9.17) is 4.74 Å². The van der Waals surface area contributed by atoms with Crippen LogP contribution in [0.3, 0.4) is 0 Å². The Morgan fingerprint density at radius 1 is 1.15 bits per heavy atom. The van der Waals surface area contributed by atoms with E-state index < -0.39 is 5.97 Å². The lowest BCUT2D eigenvalue weighted by Crippen LogP contribution is -2.01. The SMILES string of the molecule is C/C=C(/C(=O)O)c1ccc2c(c1)Sc1ccccc1O2. The molecular weight excluding hydrogens is 272 g/mol. The number of hydrogen-bond acceptors (Lipinski definition) is 3. The Balaban J connectivity index is 2.02. The van der Waals surface area contributed by atoms with Gasteiger partial charge in [-0.25, -0.2) is 4.79 Å². The van der Waals surface area contributed by atoms with Crippen LogP contribution in [0.1, 0.15) is 12.5 Å². The Morgan fingerprint density at radius 2 is 1.90 bits per heavy atom. The molecule has 0 bridgehead atoms. The minimum atomic E-state index is -0.922. The summed E-state index contributed by atoms with van der Waals surface area (Å²) in [4.78, 5) is 13.2. The Morgan fingerprint density at radius 3 is 2.65 bits per heavy atom. The van der Waals surface area contributed by atoms with Gasteiger partial charge in [0.2, 0.25) is 0 Å². The quantitative estimate of drug-likeness (QED) is 0.707. The van der Waals surface area contributed by atoms with Gasteiger partial charge in [-0.1, -0.05) is 36.0 Å². The van der Waals surface area contributed by atoms with Crippen LogP contribution in [-0.2, 0) is 4.79 Å². The standard InChI is InChI=1S/C16H12O3S/c1-2-11(16(17)18)10-7-8-13-15(9-10)20-14-6-4-3-5-12(14)19-13/h2-9H,1H3,(H,17,18)/b11-2+. The zero-order valence-electron chi connectivity index (χ0n) is 10.8. The van der Waals surface area contributed by atoms with E-state index in [-0.39, 0.29) is 0 Å². The van der Waals surface area contributed by atoms with Crippen molar-refractivity contribution in [2.75, 3.05) is 0 Å². The number of fused-ring (bicyclic) bond motifs is 2. The maximum absolute atomic E-state index is 11.2. The van der Waals surface area contributed by atoms with Gasteiger partial charge in [0.05, 0.1) is 15.4 Å². The van der Waals surface area contributed by atoms with Gasteiger partial charge in [0.1, 0.15) is 11.5 Å². The number of aliphatic carboxylic acids is 1. The molecule has 0 aromatic heterocycles. The molecule has 0 aliphatic carbocycles. The van der Waals surface area contributed by atoms with Crippen molar-refractivity contribution >= 4 is 23.3 Å². The lowest BCUT2D eigenvalue weighted by molar-refractivity contribution is -0.130. The van der Waals surface area contributed by atoms with Crippen LogP contribution in [0.25, 0.3) is 5.57 Å². The predicted octanol–water partition coefficient (Wildman–Crippen LogP) is 4.43. The molecule has 20 heavy (non-hydrogen) atoms. The molecule has 4 heteroatoms. The van der Waals surface area contributed by atoms with Gasteiger partial charge in [-0.15, -0.1) is 0 Å². The van der Waals surface area contributed by atoms with Gasteiger partial charge in [0.25, 0.3) is 0 Å². The van der Waals surface area contributed by atoms with Gasteiger partial charge >= 0.3 is 5.97 Å². The smallest absolute Gasteiger partial charge is 0.335 e. The highest BCUT2D eigenvalue weighted by Crippen LogP contribution is 2.47. The van der Waals surface area contributed by atoms with Gasteiger partial charge < -0.3 is 9.84 Å². The molecule has 0 fully saturated rings. The van der Waals surface area contributed by atoms with Crippen LogP contribution in [0, 0.1) is 0 Å². The van der Waals surface area contributed by atoms with Crippen LogP contribution >= 0.6 is 11.8 Å². The first-order valence-electron chi connectivity index (χ1n) is 6.18. The molecule has 0 atom stereocenters. The van der Waals surface area contributed by atoms with E-state index in [1.54, 1.807) is 30.8 Å². The van der Waals surface area contributed by atoms with Crippen LogP contribution in [0.2, 0.25) is 0 Å². The third-order valence-corrected chi connectivity index (χ3v) is 4.16. The molecule has 1 heterocycles. The van der Waals surface area contributed by atoms with Crippen molar-refractivity contribution < 1.29 is 14.6 Å². The summed E-state index contributed by atoms with van der Waals surface area (Å²) >= 11 is 1.59. The Kier molecular flexibility index (Phi) is 3.24. The summed E-state index contributed by atoms with van der Waals surface area (Å²) < 4.78 is 5.82. The van der Waals surface area contributed by atoms with Crippen molar-refractivity contribution in [3.05, 3.63) is 54.1 Å². The average molecular weight is 284 g/mol. The Labute approximate surface area is 120 Å². The first kappa shape index (κ1) is 12.8. The number of hydrogen-bond donors (Lipinski definition) is 1. The highest BCUT2D eigenvalue weighted by Gasteiger charge is 2.19. The molecule has 0 saturated carbocycles. The summed E-state index contributed by atoms with van der Waals surface area (Å²) in [6, 6.07) is 13.3. The molecule has 1 aliphatic rings. The first-order valence-corrected chi connectivity index (χ1v) is 6.99. The number of carboxylic acid groups (broad SMARTS) is 1. The number of carboxylic acids is 1. The van der Waals surface area contributed by atoms with E-state index in [1.165, 1.54) is 0 Å². The molecule has 1 aliphatic heterocycles. The van der Waals surface area contributed by atoms with Gasteiger partial charge in [-0.05, 0) is 36.8 Å². The fourth-order valence-electron chi connectivity index (χ4n) is 2.11. The summed E-state index contributed by atoms with van der Waals surface area (Å²) in [6.07, 6.45) is 1.60. The third-order valence-electron chi connectivity index (χ3n) is 3.06. The molecule has 0 saturated heterocycles. The average Bonchev–Trinajstić information content (AvgIpc) is 2.45. The Bertz CT molecular complexity index is 719. The van der Waals surface area contributed by atoms with Crippen LogP contribution in [0.5, 0.6) is 11.5 Å². The van der Waals surface area contributed by atoms with E-state index in [1.807, 2.05) is 36.4 Å². The molecule has 0 spiro atoms. The molecule has 1 N–H and O–H groups in total. The summed E-state index contributed by atoms with van der Waals surface area (Å²) in [5, 5.41) is 9.18. The van der Waals surface area contributed by atoms with E-state index in [0.29, 0.717) is 11.1 Å². The maximum atomic E-state index is 11.2. The molecule has 2 aromatic carbocycles. The molecular formula is C16H12O3S. The van der Waals surface area contributed by atoms with E-state index in [9.17, 15) is 9.90 Å². The minimum absolute atomic E-state index is 0.298. The summed E-state index contributed by atoms with van der Waals surface area (Å²) in [5.41, 5.74) is 0.987. The van der Waals surface area contributed by atoms with Gasteiger partial charge in [-0.2, -0.15) is 0 Å². The highest BCUT2D eigenvalue weighted by molar-refractivity contribution is 7.99. The predicted molar refractivity (Wildman–Crippen MR) is 78.4 cm³/mol. The lowest BCUT2D eigenvalue weighted by Gasteiger charge is -2.20. The van der Waals surface area contributed by atoms with E-state index >= 15 is 0 Å². The summed E-state index contributed by atoms with van der Waals surface area (Å²) in [5.74, 6) is 0.676. The maximum Gasteiger partial charge on any atom is 0.335 e. The summed E-state index contributed by atoms with van der Waals surface area (Å²) in [7, 11) is 0. The molecule has 3 rings (SSSR count). The van der Waals surface area contributed by atoms with Crippen LogP contribution in [0.15, 0.2) is 58.3 Å². The zero-order valence-corrected chi connectivity index (χ0v) is 11.6. The van der Waals surface area contributed by atoms with E-state index in [0.717, 1.165) is 21.3 Å². The first-order chi connectivity index (χ1) is 9.69. The number of rotatable bonds is 2. The van der Waals surface area contributed by atoms with Crippen LogP contribution in [0.4, 0.5) is 0 Å². The highest BCUT2D eigenvalue weighted by atomic mass is 32.2. The molecule has 2 aromatic rings. The molecule has 0 unspecified atom stereocenters. The van der Waals surface area contributed by atoms with Crippen LogP contribution < -0.4 is 4.74 Å². The third kappa shape index (κ3) is 2.18. The molecule has 0 amide bonds. The normalized spacial score (nSPS) is 13.2. The number of benzene rings is 2. The number of ether oxygens (including phenoxy) is 1. The lowest BCUT2D eigenvalue weighted by atomic mass is 10.1. The van der Waals surface area contributed by atoms with Crippen molar-refractivity contribution in [3.8, 4) is 11.5 Å². The Hall–Kier alpha value is -2.20. The van der Waals surface area contributed by atoms with Crippen molar-refractivity contribution in [3.63, 3.8) is 0 Å². The second-order valence-corrected chi connectivity index (χ2v) is 5.40. The van der Waals surface area contributed by atoms with Crippen molar-refractivity contribution in [2.24, 2.45) is 0 Å². The summed E-state index contributed by atoms with van der Waals surface area (Å²) in [6.45, 7) is 1.72. The molecule has 3 nitrogen and oxygen atoms in total. The van der Waals surface area contributed by atoms with Gasteiger partial charge in [-0.3, -0.25) is 0 Å². The number of carbonyl (C=O) groups is 1. The van der Waals surface area contributed by atoms with Crippen molar-refractivity contribution in [2.45, 2.75) is 16.7 Å². The van der Waals surface area contributed by atoms with Crippen molar-refractivity contribution in [1.29, 1.82) is 0 Å². The number of allylic oxidation sites excluding steroid dienone is 1. The fourth-order valence-corrected chi connectivity index (χ4v) is 3.10. The largest absolute Gasteiger partial charge is 0.478 e. The second-order valence-electron chi connectivity index (χ2n) is 4.32. The van der Waals surface area contributed by atoms with Crippen molar-refractivity contribution in [1.82, 2.24) is 0 Å². The monoisotopic (exact) mass is 284 g/mol. The van der Waals surface area contributed by atoms with Crippen LogP contribution in [-0.4, -0.2) is 11.1 Å². The fraction of sp³-hybridized carbons (Fsp3) is 0.0625. The minimum Gasteiger partial charge on any atom is -0.478 e. The molecule has 100 valence electrons. The second kappa shape index (κ2) is 5.06. The number of para-hydroxylation sites is 1.